The number of amides is 1. The second-order valence-corrected chi connectivity index (χ2v) is 3.15. The summed E-state index contributed by atoms with van der Waals surface area (Å²) in [5.41, 5.74) is 3.62. The third-order valence-corrected chi connectivity index (χ3v) is 1.95. The summed E-state index contributed by atoms with van der Waals surface area (Å²) in [6, 6.07) is 12.4. The zero-order chi connectivity index (χ0) is 10.5. The van der Waals surface area contributed by atoms with Gasteiger partial charge in [-0.3, -0.25) is 4.79 Å². The van der Waals surface area contributed by atoms with Gasteiger partial charge in [-0.2, -0.15) is 0 Å². The monoisotopic (exact) mass is 203 g/mol. The minimum absolute atomic E-state index is 0.00240. The molecule has 0 saturated carbocycles. The van der Waals surface area contributed by atoms with Gasteiger partial charge in [-0.05, 0) is 17.7 Å². The second-order valence-electron chi connectivity index (χ2n) is 3.15. The van der Waals surface area contributed by atoms with Crippen molar-refractivity contribution in [3.63, 3.8) is 0 Å². The molecule has 0 atom stereocenters. The van der Waals surface area contributed by atoms with E-state index < -0.39 is 0 Å². The van der Waals surface area contributed by atoms with Crippen LogP contribution in [-0.2, 0) is 4.79 Å². The smallest absolute Gasteiger partial charge is 0.340 e. The molecular weight excluding hydrogens is 192 g/mol. The number of hydrogen-bond acceptors (Lipinski definition) is 3. The van der Waals surface area contributed by atoms with Gasteiger partial charge < -0.3 is 5.32 Å². The number of hydrogen-bond donors (Lipinski definition) is 2. The van der Waals surface area contributed by atoms with Gasteiger partial charge in [-0.25, -0.2) is 0 Å². The van der Waals surface area contributed by atoms with Gasteiger partial charge in [0.25, 0.3) is 0 Å². The second kappa shape index (κ2) is 4.44. The van der Waals surface area contributed by atoms with Gasteiger partial charge in [0.15, 0.2) is 0 Å². The summed E-state index contributed by atoms with van der Waals surface area (Å²) >= 11 is 0. The lowest BCUT2D eigenvalue weighted by atomic mass is 10.2. The lowest BCUT2D eigenvalue weighted by Gasteiger charge is -1.98. The molecule has 2 N–H and O–H groups in total. The first-order valence-electron chi connectivity index (χ1n) is 4.63. The van der Waals surface area contributed by atoms with Gasteiger partial charge in [-0.15, -0.1) is 5.01 Å². The minimum atomic E-state index is -0.00240. The van der Waals surface area contributed by atoms with Gasteiger partial charge in [0.05, 0.1) is 6.67 Å². The number of nitrogens with one attached hydrogen (secondary N) is 2. The molecule has 1 aromatic rings. The molecule has 0 bridgehead atoms. The van der Waals surface area contributed by atoms with Crippen molar-refractivity contribution in [1.82, 2.24) is 15.9 Å². The van der Waals surface area contributed by atoms with Crippen LogP contribution >= 0.6 is 0 Å². The molecule has 1 saturated heterocycles. The fourth-order valence-corrected chi connectivity index (χ4v) is 1.21. The van der Waals surface area contributed by atoms with E-state index >= 15 is 0 Å². The number of benzene rings is 1. The van der Waals surface area contributed by atoms with Crippen molar-refractivity contribution >= 4 is 5.91 Å². The van der Waals surface area contributed by atoms with Crippen molar-refractivity contribution in [2.45, 2.75) is 0 Å². The molecule has 0 spiro atoms. The Morgan fingerprint density at radius 3 is 2.87 bits per heavy atom. The summed E-state index contributed by atoms with van der Waals surface area (Å²) in [7, 11) is 0. The zero-order valence-electron chi connectivity index (χ0n) is 8.10. The molecule has 15 heavy (non-hydrogen) atoms. The maximum Gasteiger partial charge on any atom is 0.358 e. The topological polar surface area (TPSA) is 48.7 Å². The van der Waals surface area contributed by atoms with E-state index in [9.17, 15) is 4.79 Å². The zero-order valence-corrected chi connectivity index (χ0v) is 8.10. The molecular formula is C10H11N4O+. The van der Waals surface area contributed by atoms with Gasteiger partial charge in [0.1, 0.15) is 17.1 Å². The average Bonchev–Trinajstić information content (AvgIpc) is 2.66. The maximum atomic E-state index is 10.8. The lowest BCUT2D eigenvalue weighted by molar-refractivity contribution is -0.118. The van der Waals surface area contributed by atoms with Gasteiger partial charge in [0.2, 0.25) is 5.91 Å². The molecule has 1 aliphatic rings. The summed E-state index contributed by atoms with van der Waals surface area (Å²) in [4.78, 5) is 14.7. The molecule has 1 aliphatic heterocycles. The van der Waals surface area contributed by atoms with E-state index in [2.05, 4.69) is 21.9 Å². The first-order valence-corrected chi connectivity index (χ1v) is 4.63. The Labute approximate surface area is 87.4 Å². The predicted octanol–water partition coefficient (Wildman–Crippen LogP) is 0.176. The Hall–Kier alpha value is -2.06. The Morgan fingerprint density at radius 2 is 2.20 bits per heavy atom. The molecule has 1 heterocycles. The normalized spacial score (nSPS) is 15.3. The minimum Gasteiger partial charge on any atom is -0.340 e. The van der Waals surface area contributed by atoms with E-state index in [1.807, 2.05) is 30.3 Å². The summed E-state index contributed by atoms with van der Waals surface area (Å²) in [5, 5.41) is 4.32. The van der Waals surface area contributed by atoms with Crippen LogP contribution in [0.15, 0.2) is 30.3 Å². The van der Waals surface area contributed by atoms with Gasteiger partial charge in [-0.1, -0.05) is 18.2 Å². The molecule has 1 amide bonds. The third kappa shape index (κ3) is 2.69. The Kier molecular flexibility index (Phi) is 2.81. The molecule has 5 heteroatoms. The van der Waals surface area contributed by atoms with Crippen molar-refractivity contribution in [3.05, 3.63) is 40.8 Å². The van der Waals surface area contributed by atoms with Crippen LogP contribution < -0.4 is 10.9 Å². The van der Waals surface area contributed by atoms with E-state index in [1.165, 1.54) is 0 Å². The van der Waals surface area contributed by atoms with E-state index in [0.717, 1.165) is 5.56 Å². The summed E-state index contributed by atoms with van der Waals surface area (Å²) in [6.07, 6.45) is 0. The standard InChI is InChI=1S/C10H10N4O/c15-10-7-14(8-11-10)13-12-6-9-4-2-1-3-5-9/h1-5,13H,7-8H2/p+1. The Balaban J connectivity index is 1.88. The quantitative estimate of drug-likeness (QED) is 0.640. The average molecular weight is 203 g/mol. The Morgan fingerprint density at radius 1 is 1.40 bits per heavy atom. The van der Waals surface area contributed by atoms with Crippen molar-refractivity contribution in [1.29, 1.82) is 0 Å². The van der Waals surface area contributed by atoms with E-state index in [-0.39, 0.29) is 5.91 Å². The number of carbonyl (C=O) groups is 1. The molecule has 1 aromatic carbocycles. The van der Waals surface area contributed by atoms with Gasteiger partial charge in [0, 0.05) is 0 Å². The van der Waals surface area contributed by atoms with E-state index in [1.54, 1.807) is 5.01 Å². The number of hydrazine groups is 1. The van der Waals surface area contributed by atoms with Crippen LogP contribution in [-0.4, -0.2) is 24.1 Å². The third-order valence-electron chi connectivity index (χ3n) is 1.95. The lowest BCUT2D eigenvalue weighted by Crippen LogP contribution is -2.31. The van der Waals surface area contributed by atoms with E-state index in [0.29, 0.717) is 13.2 Å². The van der Waals surface area contributed by atoms with Crippen molar-refractivity contribution in [3.8, 4) is 6.07 Å². The predicted molar refractivity (Wildman–Crippen MR) is 55.6 cm³/mol. The number of nitrogens with zero attached hydrogens (tertiary/aromatic N) is 2. The van der Waals surface area contributed by atoms with Crippen LogP contribution in [0.2, 0.25) is 0 Å². The van der Waals surface area contributed by atoms with Crippen molar-refractivity contribution in [2.75, 3.05) is 13.2 Å². The first-order chi connectivity index (χ1) is 7.34. The number of rotatable bonds is 1. The van der Waals surface area contributed by atoms with Crippen LogP contribution in [0.4, 0.5) is 0 Å². The van der Waals surface area contributed by atoms with Gasteiger partial charge >= 0.3 is 6.07 Å². The maximum absolute atomic E-state index is 10.8. The molecule has 1 fully saturated rings. The fraction of sp³-hybridized carbons (Fsp3) is 0.200. The highest BCUT2D eigenvalue weighted by atomic mass is 16.2. The fourth-order valence-electron chi connectivity index (χ4n) is 1.21. The first kappa shape index (κ1) is 9.49. The highest BCUT2D eigenvalue weighted by molar-refractivity contribution is 5.79. The molecule has 0 aliphatic carbocycles. The molecule has 0 unspecified atom stereocenters. The highest BCUT2D eigenvalue weighted by Gasteiger charge is 2.20. The van der Waals surface area contributed by atoms with Crippen LogP contribution in [0, 0.1) is 6.07 Å². The highest BCUT2D eigenvalue weighted by Crippen LogP contribution is 1.95. The van der Waals surface area contributed by atoms with E-state index in [4.69, 9.17) is 0 Å². The summed E-state index contributed by atoms with van der Waals surface area (Å²) < 4.78 is 0. The summed E-state index contributed by atoms with van der Waals surface area (Å²) in [6.45, 7) is 0.790. The Bertz CT molecular complexity index is 406. The van der Waals surface area contributed by atoms with Crippen molar-refractivity contribution in [2.24, 2.45) is 0 Å². The SMILES string of the molecule is O=C1CN(N[N+]#Cc2ccccc2)CN1. The number of carbonyl (C=O) groups excluding carboxylic acids is 1. The molecule has 2 rings (SSSR count). The molecule has 0 radical (unpaired) electrons. The molecule has 0 aromatic heterocycles. The van der Waals surface area contributed by atoms with Crippen LogP contribution in [0.1, 0.15) is 5.56 Å². The van der Waals surface area contributed by atoms with Crippen molar-refractivity contribution < 1.29 is 4.79 Å². The van der Waals surface area contributed by atoms with Crippen LogP contribution in [0.25, 0.3) is 4.95 Å². The largest absolute Gasteiger partial charge is 0.358 e. The van der Waals surface area contributed by atoms with Crippen LogP contribution in [0.3, 0.4) is 0 Å². The molecule has 5 nitrogen and oxygen atoms in total. The summed E-state index contributed by atoms with van der Waals surface area (Å²) in [5.74, 6) is -0.00240. The molecule has 76 valence electrons. The van der Waals surface area contributed by atoms with Crippen LogP contribution in [0.5, 0.6) is 0 Å².